The van der Waals surface area contributed by atoms with Crippen LogP contribution in [0.1, 0.15) is 5.69 Å². The van der Waals surface area contributed by atoms with Crippen LogP contribution in [0.15, 0.2) is 30.5 Å². The van der Waals surface area contributed by atoms with Gasteiger partial charge in [-0.05, 0) is 18.7 Å². The maximum atomic E-state index is 13.5. The van der Waals surface area contributed by atoms with Crippen molar-refractivity contribution in [2.45, 2.75) is 6.42 Å². The van der Waals surface area contributed by atoms with Crippen LogP contribution >= 0.6 is 0 Å². The highest BCUT2D eigenvalue weighted by Crippen LogP contribution is 2.13. The molecule has 0 radical (unpaired) electrons. The molecule has 0 aliphatic heterocycles. The molecule has 0 atom stereocenters. The van der Waals surface area contributed by atoms with Crippen molar-refractivity contribution in [3.05, 3.63) is 42.0 Å². The van der Waals surface area contributed by atoms with E-state index in [4.69, 9.17) is 5.73 Å². The van der Waals surface area contributed by atoms with E-state index in [-0.39, 0.29) is 5.82 Å². The van der Waals surface area contributed by atoms with Crippen molar-refractivity contribution in [1.29, 1.82) is 0 Å². The van der Waals surface area contributed by atoms with Crippen molar-refractivity contribution in [1.82, 2.24) is 15.0 Å². The van der Waals surface area contributed by atoms with E-state index in [1.54, 1.807) is 24.4 Å². The topological polar surface area (TPSA) is 56.7 Å². The van der Waals surface area contributed by atoms with Gasteiger partial charge >= 0.3 is 0 Å². The highest BCUT2D eigenvalue weighted by atomic mass is 19.1. The van der Waals surface area contributed by atoms with Gasteiger partial charge in [-0.3, -0.25) is 0 Å². The predicted octanol–water partition coefficient (Wildman–Crippen LogP) is 0.908. The molecular formula is C10H11FN4. The van der Waals surface area contributed by atoms with Crippen LogP contribution in [0.25, 0.3) is 5.69 Å². The number of nitrogens with zero attached hydrogens (tertiary/aromatic N) is 3. The van der Waals surface area contributed by atoms with Crippen LogP contribution < -0.4 is 5.73 Å². The first-order valence-corrected chi connectivity index (χ1v) is 4.67. The van der Waals surface area contributed by atoms with E-state index in [0.29, 0.717) is 18.7 Å². The van der Waals surface area contributed by atoms with Gasteiger partial charge in [-0.15, -0.1) is 5.10 Å². The van der Waals surface area contributed by atoms with Gasteiger partial charge in [-0.1, -0.05) is 17.3 Å². The van der Waals surface area contributed by atoms with Gasteiger partial charge in [0.2, 0.25) is 0 Å². The van der Waals surface area contributed by atoms with Crippen molar-refractivity contribution < 1.29 is 4.39 Å². The van der Waals surface area contributed by atoms with Gasteiger partial charge < -0.3 is 5.73 Å². The van der Waals surface area contributed by atoms with Gasteiger partial charge in [-0.2, -0.15) is 0 Å². The Hall–Kier alpha value is -1.75. The van der Waals surface area contributed by atoms with E-state index >= 15 is 0 Å². The Bertz CT molecular complexity index is 452. The molecule has 1 aromatic carbocycles. The Morgan fingerprint density at radius 2 is 2.13 bits per heavy atom. The third-order valence-electron chi connectivity index (χ3n) is 2.10. The number of rotatable bonds is 3. The zero-order valence-corrected chi connectivity index (χ0v) is 8.10. The zero-order valence-electron chi connectivity index (χ0n) is 8.10. The minimum atomic E-state index is -0.318. The standard InChI is InChI=1S/C10H11FN4/c11-9-3-1-2-4-10(9)15-8(5-6-12)7-13-14-15/h1-4,7H,5-6,12H2. The number of hydrogen-bond acceptors (Lipinski definition) is 3. The molecule has 1 aromatic heterocycles. The molecule has 2 aromatic rings. The van der Waals surface area contributed by atoms with Gasteiger partial charge in [0.15, 0.2) is 0 Å². The summed E-state index contributed by atoms with van der Waals surface area (Å²) in [6, 6.07) is 6.44. The third kappa shape index (κ3) is 1.87. The molecule has 0 saturated carbocycles. The van der Waals surface area contributed by atoms with Crippen molar-refractivity contribution in [2.75, 3.05) is 6.54 Å². The van der Waals surface area contributed by atoms with Gasteiger partial charge in [0, 0.05) is 6.42 Å². The van der Waals surface area contributed by atoms with Crippen LogP contribution in [0.3, 0.4) is 0 Å². The first-order chi connectivity index (χ1) is 7.33. The number of benzene rings is 1. The molecule has 0 saturated heterocycles. The fourth-order valence-electron chi connectivity index (χ4n) is 1.40. The van der Waals surface area contributed by atoms with Crippen molar-refractivity contribution in [3.63, 3.8) is 0 Å². The number of aromatic nitrogens is 3. The first kappa shape index (κ1) is 9.79. The highest BCUT2D eigenvalue weighted by Gasteiger charge is 2.08. The SMILES string of the molecule is NCCc1cnnn1-c1ccccc1F. The first-order valence-electron chi connectivity index (χ1n) is 4.67. The summed E-state index contributed by atoms with van der Waals surface area (Å²) >= 11 is 0. The molecule has 0 unspecified atom stereocenters. The quantitative estimate of drug-likeness (QED) is 0.812. The van der Waals surface area contributed by atoms with Gasteiger partial charge in [0.25, 0.3) is 0 Å². The molecule has 0 fully saturated rings. The molecule has 1 heterocycles. The lowest BCUT2D eigenvalue weighted by molar-refractivity contribution is 0.602. The Balaban J connectivity index is 2.45. The minimum absolute atomic E-state index is 0.318. The summed E-state index contributed by atoms with van der Waals surface area (Å²) < 4.78 is 14.9. The van der Waals surface area contributed by atoms with Crippen LogP contribution in [0, 0.1) is 5.82 Å². The highest BCUT2D eigenvalue weighted by molar-refractivity contribution is 5.33. The lowest BCUT2D eigenvalue weighted by Crippen LogP contribution is -2.09. The summed E-state index contributed by atoms with van der Waals surface area (Å²) in [5, 5.41) is 7.59. The Morgan fingerprint density at radius 3 is 2.87 bits per heavy atom. The molecule has 0 aliphatic rings. The van der Waals surface area contributed by atoms with Gasteiger partial charge in [-0.25, -0.2) is 9.07 Å². The lowest BCUT2D eigenvalue weighted by atomic mass is 10.2. The van der Waals surface area contributed by atoms with Gasteiger partial charge in [0.1, 0.15) is 11.5 Å². The average molecular weight is 206 g/mol. The summed E-state index contributed by atoms with van der Waals surface area (Å²) in [6.07, 6.45) is 2.22. The Labute approximate surface area is 86.5 Å². The molecule has 0 bridgehead atoms. The monoisotopic (exact) mass is 206 g/mol. The molecule has 78 valence electrons. The molecule has 5 heteroatoms. The average Bonchev–Trinajstić information content (AvgIpc) is 2.67. The normalized spacial score (nSPS) is 10.5. The minimum Gasteiger partial charge on any atom is -0.330 e. The fourth-order valence-corrected chi connectivity index (χ4v) is 1.40. The predicted molar refractivity (Wildman–Crippen MR) is 54.1 cm³/mol. The molecule has 0 spiro atoms. The second kappa shape index (κ2) is 4.18. The number of halogens is 1. The maximum absolute atomic E-state index is 13.5. The summed E-state index contributed by atoms with van der Waals surface area (Å²) in [7, 11) is 0. The number of para-hydroxylation sites is 1. The molecule has 4 nitrogen and oxygen atoms in total. The summed E-state index contributed by atoms with van der Waals surface area (Å²) in [5.41, 5.74) is 6.65. The largest absolute Gasteiger partial charge is 0.330 e. The van der Waals surface area contributed by atoms with Gasteiger partial charge in [0.05, 0.1) is 11.9 Å². The van der Waals surface area contributed by atoms with Crippen LogP contribution in [-0.2, 0) is 6.42 Å². The molecule has 2 N–H and O–H groups in total. The lowest BCUT2D eigenvalue weighted by Gasteiger charge is -2.05. The number of hydrogen-bond donors (Lipinski definition) is 1. The second-order valence-electron chi connectivity index (χ2n) is 3.13. The van der Waals surface area contributed by atoms with Crippen molar-refractivity contribution in [2.24, 2.45) is 5.73 Å². The summed E-state index contributed by atoms with van der Waals surface area (Å²) in [6.45, 7) is 0.488. The maximum Gasteiger partial charge on any atom is 0.148 e. The summed E-state index contributed by atoms with van der Waals surface area (Å²) in [5.74, 6) is -0.318. The molecular weight excluding hydrogens is 195 g/mol. The van der Waals surface area contributed by atoms with Crippen molar-refractivity contribution >= 4 is 0 Å². The number of nitrogens with two attached hydrogens (primary N) is 1. The van der Waals surface area contributed by atoms with E-state index in [0.717, 1.165) is 5.69 Å². The zero-order chi connectivity index (χ0) is 10.7. The van der Waals surface area contributed by atoms with Crippen LogP contribution in [-0.4, -0.2) is 21.5 Å². The second-order valence-corrected chi connectivity index (χ2v) is 3.13. The molecule has 0 amide bonds. The molecule has 2 rings (SSSR count). The molecule has 15 heavy (non-hydrogen) atoms. The Kier molecular flexibility index (Phi) is 2.73. The van der Waals surface area contributed by atoms with Crippen molar-refractivity contribution in [3.8, 4) is 5.69 Å². The smallest absolute Gasteiger partial charge is 0.148 e. The van der Waals surface area contributed by atoms with E-state index < -0.39 is 0 Å². The fraction of sp³-hybridized carbons (Fsp3) is 0.200. The van der Waals surface area contributed by atoms with E-state index in [1.807, 2.05) is 0 Å². The van der Waals surface area contributed by atoms with E-state index in [9.17, 15) is 4.39 Å². The van der Waals surface area contributed by atoms with Crippen LogP contribution in [0.4, 0.5) is 4.39 Å². The third-order valence-corrected chi connectivity index (χ3v) is 2.10. The van der Waals surface area contributed by atoms with Crippen LogP contribution in [0.2, 0.25) is 0 Å². The van der Waals surface area contributed by atoms with E-state index in [1.165, 1.54) is 10.7 Å². The van der Waals surface area contributed by atoms with E-state index in [2.05, 4.69) is 10.3 Å². The van der Waals surface area contributed by atoms with Crippen LogP contribution in [0.5, 0.6) is 0 Å². The molecule has 0 aliphatic carbocycles. The Morgan fingerprint density at radius 1 is 1.33 bits per heavy atom. The summed E-state index contributed by atoms with van der Waals surface area (Å²) in [4.78, 5) is 0.